The van der Waals surface area contributed by atoms with E-state index >= 15 is 0 Å². The molecule has 21 heavy (non-hydrogen) atoms. The highest BCUT2D eigenvalue weighted by Crippen LogP contribution is 2.04. The molecule has 2 N–H and O–H groups in total. The van der Waals surface area contributed by atoms with Crippen LogP contribution in [0.25, 0.3) is 0 Å². The van der Waals surface area contributed by atoms with Gasteiger partial charge in [-0.2, -0.15) is 0 Å². The van der Waals surface area contributed by atoms with Gasteiger partial charge >= 0.3 is 0 Å². The van der Waals surface area contributed by atoms with Crippen LogP contribution in [0, 0.1) is 5.82 Å². The molecule has 0 aliphatic rings. The molecular weight excluding hydrogens is 271 g/mol. The first-order valence-corrected chi connectivity index (χ1v) is 6.38. The molecule has 0 radical (unpaired) electrons. The monoisotopic (exact) mass is 286 g/mol. The number of carbonyl (C=O) groups excluding carboxylic acids is 1. The maximum Gasteiger partial charge on any atom is 0.254 e. The lowest BCUT2D eigenvalue weighted by Crippen LogP contribution is -2.23. The van der Waals surface area contributed by atoms with Gasteiger partial charge in [-0.15, -0.1) is 6.58 Å². The van der Waals surface area contributed by atoms with Crippen molar-refractivity contribution in [3.05, 3.63) is 66.3 Å². The molecule has 0 aliphatic heterocycles. The van der Waals surface area contributed by atoms with Crippen molar-refractivity contribution in [2.45, 2.75) is 6.54 Å². The highest BCUT2D eigenvalue weighted by Gasteiger charge is 2.06. The van der Waals surface area contributed by atoms with Crippen LogP contribution in [-0.2, 0) is 6.54 Å². The Morgan fingerprint density at radius 2 is 1.90 bits per heavy atom. The normalized spacial score (nSPS) is 9.95. The number of carbonyl (C=O) groups is 1. The summed E-state index contributed by atoms with van der Waals surface area (Å²) in [5, 5.41) is 5.64. The van der Waals surface area contributed by atoms with Gasteiger partial charge in [0, 0.05) is 25.5 Å². The van der Waals surface area contributed by atoms with Crippen molar-refractivity contribution in [1.82, 2.24) is 15.3 Å². The Morgan fingerprint density at radius 1 is 1.24 bits per heavy atom. The molecule has 108 valence electrons. The van der Waals surface area contributed by atoms with Crippen molar-refractivity contribution < 1.29 is 9.18 Å². The lowest BCUT2D eigenvalue weighted by Gasteiger charge is -2.06. The standard InChI is InChI=1S/C15H15FN4O/c1-2-7-17-15-19-9-12(10-20-15)14(21)18-8-11-3-5-13(16)6-4-11/h2-6,9-10H,1,7-8H2,(H,18,21)(H,17,19,20). The van der Waals surface area contributed by atoms with Gasteiger partial charge in [-0.05, 0) is 17.7 Å². The molecule has 0 fully saturated rings. The van der Waals surface area contributed by atoms with E-state index in [0.29, 0.717) is 24.6 Å². The third kappa shape index (κ3) is 4.38. The van der Waals surface area contributed by atoms with E-state index in [1.807, 2.05) is 0 Å². The van der Waals surface area contributed by atoms with Crippen molar-refractivity contribution in [2.24, 2.45) is 0 Å². The summed E-state index contributed by atoms with van der Waals surface area (Å²) in [6.45, 7) is 4.44. The van der Waals surface area contributed by atoms with Crippen molar-refractivity contribution in [3.63, 3.8) is 0 Å². The molecule has 2 rings (SSSR count). The molecule has 0 saturated carbocycles. The van der Waals surface area contributed by atoms with Gasteiger partial charge in [0.2, 0.25) is 5.95 Å². The van der Waals surface area contributed by atoms with Crippen LogP contribution in [-0.4, -0.2) is 22.4 Å². The fourth-order valence-corrected chi connectivity index (χ4v) is 1.59. The molecule has 1 aromatic carbocycles. The zero-order valence-electron chi connectivity index (χ0n) is 11.3. The smallest absolute Gasteiger partial charge is 0.254 e. The Morgan fingerprint density at radius 3 is 2.52 bits per heavy atom. The fourth-order valence-electron chi connectivity index (χ4n) is 1.59. The van der Waals surface area contributed by atoms with Gasteiger partial charge in [-0.25, -0.2) is 14.4 Å². The topological polar surface area (TPSA) is 66.9 Å². The minimum Gasteiger partial charge on any atom is -0.351 e. The SMILES string of the molecule is C=CCNc1ncc(C(=O)NCc2ccc(F)cc2)cn1. The maximum absolute atomic E-state index is 12.8. The number of hydrogen-bond donors (Lipinski definition) is 2. The van der Waals surface area contributed by atoms with Crippen molar-refractivity contribution in [1.29, 1.82) is 0 Å². The third-order valence-electron chi connectivity index (χ3n) is 2.68. The Labute approximate surface area is 121 Å². The third-order valence-corrected chi connectivity index (χ3v) is 2.68. The van der Waals surface area contributed by atoms with Crippen molar-refractivity contribution >= 4 is 11.9 Å². The Hall–Kier alpha value is -2.76. The van der Waals surface area contributed by atoms with Crippen LogP contribution in [0.15, 0.2) is 49.3 Å². The van der Waals surface area contributed by atoms with Crippen LogP contribution < -0.4 is 10.6 Å². The number of amides is 1. The van der Waals surface area contributed by atoms with Gasteiger partial charge in [0.05, 0.1) is 5.56 Å². The number of halogens is 1. The van der Waals surface area contributed by atoms with Gasteiger partial charge in [0.1, 0.15) is 5.82 Å². The van der Waals surface area contributed by atoms with E-state index in [-0.39, 0.29) is 11.7 Å². The molecule has 1 aromatic heterocycles. The predicted molar refractivity (Wildman–Crippen MR) is 78.3 cm³/mol. The molecule has 2 aromatic rings. The minimum atomic E-state index is -0.305. The summed E-state index contributed by atoms with van der Waals surface area (Å²) in [6.07, 6.45) is 4.57. The Bertz CT molecular complexity index is 611. The first-order chi connectivity index (χ1) is 10.2. The summed E-state index contributed by atoms with van der Waals surface area (Å²) in [4.78, 5) is 20.0. The van der Waals surface area contributed by atoms with Crippen molar-refractivity contribution in [2.75, 3.05) is 11.9 Å². The highest BCUT2D eigenvalue weighted by molar-refractivity contribution is 5.93. The number of anilines is 1. The van der Waals surface area contributed by atoms with E-state index < -0.39 is 0 Å². The summed E-state index contributed by atoms with van der Waals surface area (Å²) in [5.74, 6) is -0.152. The second-order valence-electron chi connectivity index (χ2n) is 4.27. The fraction of sp³-hybridized carbons (Fsp3) is 0.133. The quantitative estimate of drug-likeness (QED) is 0.798. The van der Waals surface area contributed by atoms with E-state index in [1.54, 1.807) is 18.2 Å². The summed E-state index contributed by atoms with van der Waals surface area (Å²) < 4.78 is 12.8. The summed E-state index contributed by atoms with van der Waals surface area (Å²) in [5.41, 5.74) is 1.18. The van der Waals surface area contributed by atoms with E-state index in [2.05, 4.69) is 27.2 Å². The number of nitrogens with zero attached hydrogens (tertiary/aromatic N) is 2. The van der Waals surface area contributed by atoms with E-state index in [9.17, 15) is 9.18 Å². The van der Waals surface area contributed by atoms with E-state index in [4.69, 9.17) is 0 Å². The number of aromatic nitrogens is 2. The average molecular weight is 286 g/mol. The van der Waals surface area contributed by atoms with Crippen LogP contribution in [0.1, 0.15) is 15.9 Å². The lowest BCUT2D eigenvalue weighted by atomic mass is 10.2. The lowest BCUT2D eigenvalue weighted by molar-refractivity contribution is 0.0950. The molecule has 0 atom stereocenters. The first-order valence-electron chi connectivity index (χ1n) is 6.38. The van der Waals surface area contributed by atoms with Crippen LogP contribution in [0.4, 0.5) is 10.3 Å². The van der Waals surface area contributed by atoms with Gasteiger partial charge in [-0.1, -0.05) is 18.2 Å². The molecule has 1 amide bonds. The van der Waals surface area contributed by atoms with Gasteiger partial charge < -0.3 is 10.6 Å². The maximum atomic E-state index is 12.8. The van der Waals surface area contributed by atoms with Crippen molar-refractivity contribution in [3.8, 4) is 0 Å². The summed E-state index contributed by atoms with van der Waals surface area (Å²) in [7, 11) is 0. The van der Waals surface area contributed by atoms with Gasteiger partial charge in [-0.3, -0.25) is 4.79 Å². The molecule has 0 aliphatic carbocycles. The first kappa shape index (κ1) is 14.6. The molecule has 0 saturated heterocycles. The predicted octanol–water partition coefficient (Wildman–Crippen LogP) is 2.14. The van der Waals surface area contributed by atoms with Crippen LogP contribution >= 0.6 is 0 Å². The molecule has 5 nitrogen and oxygen atoms in total. The Kier molecular flexibility index (Phi) is 4.98. The molecule has 0 unspecified atom stereocenters. The summed E-state index contributed by atoms with van der Waals surface area (Å²) >= 11 is 0. The zero-order valence-corrected chi connectivity index (χ0v) is 11.3. The van der Waals surface area contributed by atoms with E-state index in [1.165, 1.54) is 24.5 Å². The van der Waals surface area contributed by atoms with Crippen LogP contribution in [0.5, 0.6) is 0 Å². The second-order valence-corrected chi connectivity index (χ2v) is 4.27. The van der Waals surface area contributed by atoms with Crippen LogP contribution in [0.3, 0.4) is 0 Å². The van der Waals surface area contributed by atoms with Crippen LogP contribution in [0.2, 0.25) is 0 Å². The molecule has 0 spiro atoms. The zero-order chi connectivity index (χ0) is 15.1. The average Bonchev–Trinajstić information content (AvgIpc) is 2.52. The van der Waals surface area contributed by atoms with E-state index in [0.717, 1.165) is 5.56 Å². The summed E-state index contributed by atoms with van der Waals surface area (Å²) in [6, 6.07) is 5.94. The molecule has 1 heterocycles. The number of hydrogen-bond acceptors (Lipinski definition) is 4. The minimum absolute atomic E-state index is 0.283. The number of nitrogens with one attached hydrogen (secondary N) is 2. The Balaban J connectivity index is 1.90. The molecular formula is C15H15FN4O. The second kappa shape index (κ2) is 7.14. The molecule has 6 heteroatoms. The highest BCUT2D eigenvalue weighted by atomic mass is 19.1. The largest absolute Gasteiger partial charge is 0.351 e. The van der Waals surface area contributed by atoms with Gasteiger partial charge in [0.15, 0.2) is 0 Å². The molecule has 0 bridgehead atoms. The number of rotatable bonds is 6. The number of benzene rings is 1. The van der Waals surface area contributed by atoms with Gasteiger partial charge in [0.25, 0.3) is 5.91 Å².